The number of hydrogen-bond acceptors (Lipinski definition) is 6. The van der Waals surface area contributed by atoms with E-state index in [1.165, 1.54) is 6.42 Å². The highest BCUT2D eigenvalue weighted by atomic mass is 16.6. The minimum Gasteiger partial charge on any atom is -0.389 e. The fraction of sp³-hybridized carbons (Fsp3) is 0.824. The summed E-state index contributed by atoms with van der Waals surface area (Å²) in [5.41, 5.74) is -0.517. The molecule has 0 amide bonds. The molecule has 1 aromatic heterocycles. The predicted octanol–water partition coefficient (Wildman–Crippen LogP) is 2.21. The van der Waals surface area contributed by atoms with Gasteiger partial charge in [0.25, 0.3) is 0 Å². The fourth-order valence-electron chi connectivity index (χ4n) is 4.09. The molecular weight excluding hydrogens is 322 g/mol. The molecule has 2 fully saturated rings. The average molecular weight is 351 g/mol. The van der Waals surface area contributed by atoms with E-state index < -0.39 is 10.5 Å². The van der Waals surface area contributed by atoms with Gasteiger partial charge in [0.05, 0.1) is 5.60 Å². The Morgan fingerprint density at radius 1 is 1.32 bits per heavy atom. The maximum absolute atomic E-state index is 11.2. The van der Waals surface area contributed by atoms with E-state index >= 15 is 0 Å². The number of aryl methyl sites for hydroxylation is 1. The number of anilines is 1. The molecule has 0 atom stereocenters. The summed E-state index contributed by atoms with van der Waals surface area (Å²) in [5, 5.41) is 25.2. The zero-order chi connectivity index (χ0) is 18.0. The minimum atomic E-state index is -0.517. The average Bonchev–Trinajstić information content (AvgIpc) is 2.85. The first-order valence-corrected chi connectivity index (χ1v) is 9.27. The fourth-order valence-corrected chi connectivity index (χ4v) is 4.09. The number of piperidine rings is 1. The SMILES string of the molecule is Cc1nc([N+](=O)[O-])c(NC2CCN(CC3(O)CCCCC3)CC2)n1C. The van der Waals surface area contributed by atoms with Crippen LogP contribution in [0.4, 0.5) is 11.6 Å². The molecule has 140 valence electrons. The second-order valence-electron chi connectivity index (χ2n) is 7.63. The van der Waals surface area contributed by atoms with Gasteiger partial charge < -0.3 is 25.4 Å². The topological polar surface area (TPSA) is 96.5 Å². The zero-order valence-electron chi connectivity index (χ0n) is 15.2. The Labute approximate surface area is 148 Å². The van der Waals surface area contributed by atoms with Crippen molar-refractivity contribution in [3.05, 3.63) is 15.9 Å². The molecule has 2 aliphatic rings. The number of nitro groups is 1. The number of imidazole rings is 1. The van der Waals surface area contributed by atoms with E-state index in [1.807, 2.05) is 0 Å². The Morgan fingerprint density at radius 3 is 2.56 bits per heavy atom. The number of likely N-dealkylation sites (tertiary alicyclic amines) is 1. The molecule has 1 saturated carbocycles. The number of β-amino-alcohol motifs (C(OH)–C–C–N with tert-alkyl or cyclic N) is 1. The van der Waals surface area contributed by atoms with Crippen LogP contribution in [0.1, 0.15) is 50.8 Å². The lowest BCUT2D eigenvalue weighted by molar-refractivity contribution is -0.388. The molecule has 8 nitrogen and oxygen atoms in total. The first-order chi connectivity index (χ1) is 11.9. The van der Waals surface area contributed by atoms with Crippen molar-refractivity contribution in [1.29, 1.82) is 0 Å². The highest BCUT2D eigenvalue weighted by Crippen LogP contribution is 2.30. The zero-order valence-corrected chi connectivity index (χ0v) is 15.2. The number of nitrogens with zero attached hydrogens (tertiary/aromatic N) is 4. The molecule has 0 unspecified atom stereocenters. The van der Waals surface area contributed by atoms with Gasteiger partial charge in [-0.25, -0.2) is 0 Å². The summed E-state index contributed by atoms with van der Waals surface area (Å²) in [6, 6.07) is 0.200. The van der Waals surface area contributed by atoms with Crippen molar-refractivity contribution in [2.24, 2.45) is 7.05 Å². The highest BCUT2D eigenvalue weighted by Gasteiger charge is 2.33. The molecular formula is C17H29N5O3. The van der Waals surface area contributed by atoms with Crippen molar-refractivity contribution in [3.63, 3.8) is 0 Å². The third kappa shape index (κ3) is 4.12. The number of aliphatic hydroxyl groups is 1. The quantitative estimate of drug-likeness (QED) is 0.624. The van der Waals surface area contributed by atoms with E-state index in [0.717, 1.165) is 58.2 Å². The molecule has 3 rings (SSSR count). The molecule has 25 heavy (non-hydrogen) atoms. The normalized spacial score (nSPS) is 22.0. The summed E-state index contributed by atoms with van der Waals surface area (Å²) in [6.07, 6.45) is 7.12. The summed E-state index contributed by atoms with van der Waals surface area (Å²) < 4.78 is 1.75. The van der Waals surface area contributed by atoms with Gasteiger partial charge in [0.15, 0.2) is 0 Å². The Balaban J connectivity index is 1.55. The van der Waals surface area contributed by atoms with E-state index in [0.29, 0.717) is 11.6 Å². The number of hydrogen-bond donors (Lipinski definition) is 2. The van der Waals surface area contributed by atoms with Gasteiger partial charge in [-0.2, -0.15) is 0 Å². The molecule has 1 saturated heterocycles. The molecule has 1 aliphatic carbocycles. The van der Waals surface area contributed by atoms with E-state index in [9.17, 15) is 15.2 Å². The van der Waals surface area contributed by atoms with Crippen LogP contribution in [-0.2, 0) is 7.05 Å². The van der Waals surface area contributed by atoms with Crippen LogP contribution >= 0.6 is 0 Å². The molecule has 0 bridgehead atoms. The third-order valence-corrected chi connectivity index (χ3v) is 5.70. The number of rotatable bonds is 5. The van der Waals surface area contributed by atoms with E-state index in [-0.39, 0.29) is 11.9 Å². The van der Waals surface area contributed by atoms with Crippen LogP contribution in [0.15, 0.2) is 0 Å². The molecule has 8 heteroatoms. The molecule has 0 spiro atoms. The van der Waals surface area contributed by atoms with Gasteiger partial charge in [-0.15, -0.1) is 0 Å². The van der Waals surface area contributed by atoms with Crippen LogP contribution in [-0.4, -0.2) is 55.8 Å². The van der Waals surface area contributed by atoms with Gasteiger partial charge in [0.1, 0.15) is 0 Å². The van der Waals surface area contributed by atoms with E-state index in [1.54, 1.807) is 18.5 Å². The van der Waals surface area contributed by atoms with Crippen molar-refractivity contribution in [3.8, 4) is 0 Å². The van der Waals surface area contributed by atoms with Crippen LogP contribution in [0.3, 0.4) is 0 Å². The predicted molar refractivity (Wildman–Crippen MR) is 95.7 cm³/mol. The lowest BCUT2D eigenvalue weighted by Crippen LogP contribution is -2.48. The Bertz CT molecular complexity index is 616. The van der Waals surface area contributed by atoms with Crippen LogP contribution in [0.2, 0.25) is 0 Å². The number of nitrogens with one attached hydrogen (secondary N) is 1. The van der Waals surface area contributed by atoms with Gasteiger partial charge >= 0.3 is 5.82 Å². The molecule has 0 radical (unpaired) electrons. The summed E-state index contributed by atoms with van der Waals surface area (Å²) in [6.45, 7) is 4.34. The third-order valence-electron chi connectivity index (χ3n) is 5.70. The van der Waals surface area contributed by atoms with Crippen LogP contribution in [0.5, 0.6) is 0 Å². The van der Waals surface area contributed by atoms with E-state index in [4.69, 9.17) is 0 Å². The lowest BCUT2D eigenvalue weighted by atomic mass is 9.84. The summed E-state index contributed by atoms with van der Waals surface area (Å²) in [4.78, 5) is 17.1. The summed E-state index contributed by atoms with van der Waals surface area (Å²) in [7, 11) is 1.80. The van der Waals surface area contributed by atoms with Gasteiger partial charge in [0.2, 0.25) is 11.6 Å². The highest BCUT2D eigenvalue weighted by molar-refractivity contribution is 5.54. The Morgan fingerprint density at radius 2 is 1.96 bits per heavy atom. The maximum atomic E-state index is 11.2. The molecule has 1 aliphatic heterocycles. The van der Waals surface area contributed by atoms with Gasteiger partial charge in [0, 0.05) is 39.6 Å². The molecule has 0 aromatic carbocycles. The Hall–Kier alpha value is -1.67. The second kappa shape index (κ2) is 7.29. The van der Waals surface area contributed by atoms with Crippen molar-refractivity contribution in [2.75, 3.05) is 25.0 Å². The smallest absolute Gasteiger partial charge is 0.389 e. The summed E-state index contributed by atoms with van der Waals surface area (Å²) >= 11 is 0. The largest absolute Gasteiger partial charge is 0.406 e. The van der Waals surface area contributed by atoms with Crippen molar-refractivity contribution in [1.82, 2.24) is 14.5 Å². The van der Waals surface area contributed by atoms with E-state index in [2.05, 4.69) is 15.2 Å². The van der Waals surface area contributed by atoms with Gasteiger partial charge in [-0.05, 0) is 35.6 Å². The van der Waals surface area contributed by atoms with Crippen molar-refractivity contribution >= 4 is 11.6 Å². The van der Waals surface area contributed by atoms with Gasteiger partial charge in [-0.3, -0.25) is 4.57 Å². The molecule has 1 aromatic rings. The first-order valence-electron chi connectivity index (χ1n) is 9.27. The van der Waals surface area contributed by atoms with Crippen molar-refractivity contribution < 1.29 is 10.0 Å². The summed E-state index contributed by atoms with van der Waals surface area (Å²) in [5.74, 6) is 1.02. The van der Waals surface area contributed by atoms with Crippen LogP contribution in [0, 0.1) is 17.0 Å². The minimum absolute atomic E-state index is 0.0982. The first kappa shape index (κ1) is 18.1. The molecule has 2 heterocycles. The van der Waals surface area contributed by atoms with Crippen molar-refractivity contribution in [2.45, 2.75) is 63.5 Å². The van der Waals surface area contributed by atoms with Crippen LogP contribution in [0.25, 0.3) is 0 Å². The standard InChI is InChI=1S/C17H29N5O3/c1-13-18-16(22(24)25)15(20(13)2)19-14-6-10-21(11-7-14)12-17(23)8-4-3-5-9-17/h14,19,23H,3-12H2,1-2H3. The van der Waals surface area contributed by atoms with Gasteiger partial charge in [-0.1, -0.05) is 19.3 Å². The maximum Gasteiger partial charge on any atom is 0.406 e. The number of aromatic nitrogens is 2. The van der Waals surface area contributed by atoms with Crippen LogP contribution < -0.4 is 5.32 Å². The Kier molecular flexibility index (Phi) is 5.29. The molecule has 2 N–H and O–H groups in total. The monoisotopic (exact) mass is 351 g/mol. The lowest BCUT2D eigenvalue weighted by Gasteiger charge is -2.40. The second-order valence-corrected chi connectivity index (χ2v) is 7.63.